The topological polar surface area (TPSA) is 102 Å². The Morgan fingerprint density at radius 1 is 1.06 bits per heavy atom. The van der Waals surface area contributed by atoms with Gasteiger partial charge < -0.3 is 14.8 Å². The van der Waals surface area contributed by atoms with E-state index in [2.05, 4.69) is 18.5 Å². The van der Waals surface area contributed by atoms with Crippen LogP contribution in [0.5, 0.6) is 0 Å². The van der Waals surface area contributed by atoms with Crippen molar-refractivity contribution in [2.45, 2.75) is 52.4 Å². The molecular formula is C23H32N2O6. The number of fused-ring (bicyclic) bond motifs is 5. The number of ether oxygens (including phenoxy) is 2. The maximum Gasteiger partial charge on any atom is 0.425 e. The van der Waals surface area contributed by atoms with Crippen molar-refractivity contribution in [2.24, 2.45) is 23.2 Å². The van der Waals surface area contributed by atoms with E-state index in [9.17, 15) is 19.2 Å². The summed E-state index contributed by atoms with van der Waals surface area (Å²) < 4.78 is 10.5. The number of urea groups is 1. The molecule has 0 aromatic carbocycles. The molecule has 31 heavy (non-hydrogen) atoms. The van der Waals surface area contributed by atoms with Gasteiger partial charge >= 0.3 is 18.1 Å². The molecule has 8 heteroatoms. The molecule has 8 nitrogen and oxygen atoms in total. The van der Waals surface area contributed by atoms with E-state index >= 15 is 0 Å². The Morgan fingerprint density at radius 2 is 1.81 bits per heavy atom. The molecular weight excluding hydrogens is 400 g/mol. The van der Waals surface area contributed by atoms with E-state index in [0.717, 1.165) is 31.6 Å². The van der Waals surface area contributed by atoms with Gasteiger partial charge in [-0.25, -0.2) is 14.4 Å². The maximum atomic E-state index is 12.8. The first-order chi connectivity index (χ1) is 14.7. The largest absolute Gasteiger partial charge is 0.460 e. The summed E-state index contributed by atoms with van der Waals surface area (Å²) in [6, 6.07) is -0.934. The molecule has 170 valence electrons. The van der Waals surface area contributed by atoms with Crippen LogP contribution in [0.2, 0.25) is 0 Å². The lowest BCUT2D eigenvalue weighted by molar-refractivity contribution is -0.138. The molecule has 1 N–H and O–H groups in total. The normalized spacial score (nSPS) is 27.9. The number of imide groups is 3. The monoisotopic (exact) mass is 432 g/mol. The highest BCUT2D eigenvalue weighted by molar-refractivity contribution is 6.13. The summed E-state index contributed by atoms with van der Waals surface area (Å²) in [5, 5.41) is 2.41. The molecule has 4 atom stereocenters. The fourth-order valence-electron chi connectivity index (χ4n) is 5.68. The Morgan fingerprint density at radius 3 is 2.48 bits per heavy atom. The van der Waals surface area contributed by atoms with E-state index in [1.54, 1.807) is 0 Å². The zero-order chi connectivity index (χ0) is 22.8. The lowest BCUT2D eigenvalue weighted by atomic mass is 9.72. The first-order valence-electron chi connectivity index (χ1n) is 10.9. The van der Waals surface area contributed by atoms with Gasteiger partial charge in [0.1, 0.15) is 6.61 Å². The van der Waals surface area contributed by atoms with Gasteiger partial charge in [-0.1, -0.05) is 19.6 Å². The Balaban J connectivity index is 1.58. The van der Waals surface area contributed by atoms with Crippen LogP contribution in [0.25, 0.3) is 0 Å². The average Bonchev–Trinajstić information content (AvgIpc) is 3.42. The van der Waals surface area contributed by atoms with Crippen molar-refractivity contribution in [1.29, 1.82) is 0 Å². The van der Waals surface area contributed by atoms with Gasteiger partial charge in [-0.2, -0.15) is 4.90 Å². The second kappa shape index (κ2) is 9.24. The molecule has 0 radical (unpaired) electrons. The molecule has 0 aliphatic heterocycles. The zero-order valence-corrected chi connectivity index (χ0v) is 18.4. The standard InChI is InChI=1S/C23H32N2O6/c1-14(2)19(26)25(21(28)24-10-11-30-20(27)15(3)4)22(29)31-13-23-9-8-16(12-23)17-6-5-7-18(17)23/h16-18H,1,3,5-13H2,2,4H3,(H,24,28). The van der Waals surface area contributed by atoms with Gasteiger partial charge in [0.2, 0.25) is 0 Å². The van der Waals surface area contributed by atoms with E-state index in [-0.39, 0.29) is 36.3 Å². The molecule has 3 aliphatic rings. The SMILES string of the molecule is C=C(C)C(=O)OCCNC(=O)N(C(=O)OCC12CCC(C1)C1CCCC12)C(=O)C(=C)C. The summed E-state index contributed by atoms with van der Waals surface area (Å²) in [7, 11) is 0. The van der Waals surface area contributed by atoms with Gasteiger partial charge in [0.25, 0.3) is 5.91 Å². The third-order valence-electron chi connectivity index (χ3n) is 7.04. The second-order valence-corrected chi connectivity index (χ2v) is 9.19. The second-order valence-electron chi connectivity index (χ2n) is 9.19. The summed E-state index contributed by atoms with van der Waals surface area (Å²) in [6.07, 6.45) is 5.89. The number of esters is 1. The van der Waals surface area contributed by atoms with Gasteiger partial charge in [-0.05, 0) is 63.7 Å². The predicted octanol–water partition coefficient (Wildman–Crippen LogP) is 3.57. The van der Waals surface area contributed by atoms with Gasteiger partial charge in [0, 0.05) is 16.6 Å². The van der Waals surface area contributed by atoms with Gasteiger partial charge in [0.15, 0.2) is 0 Å². The fourth-order valence-corrected chi connectivity index (χ4v) is 5.68. The molecule has 4 amide bonds. The molecule has 0 heterocycles. The van der Waals surface area contributed by atoms with E-state index in [4.69, 9.17) is 9.47 Å². The van der Waals surface area contributed by atoms with Crippen LogP contribution in [0.4, 0.5) is 9.59 Å². The number of amides is 4. The first kappa shape index (κ1) is 23.0. The maximum absolute atomic E-state index is 12.8. The summed E-state index contributed by atoms with van der Waals surface area (Å²) >= 11 is 0. The van der Waals surface area contributed by atoms with E-state index in [1.807, 2.05) is 0 Å². The van der Waals surface area contributed by atoms with Crippen molar-refractivity contribution in [2.75, 3.05) is 19.8 Å². The number of carbonyl (C=O) groups is 4. The van der Waals surface area contributed by atoms with Crippen molar-refractivity contribution >= 4 is 24.0 Å². The van der Waals surface area contributed by atoms with Crippen LogP contribution < -0.4 is 5.32 Å². The van der Waals surface area contributed by atoms with Crippen LogP contribution in [0.3, 0.4) is 0 Å². The Kier molecular flexibility index (Phi) is 6.86. The number of carbonyl (C=O) groups excluding carboxylic acids is 4. The number of hydrogen-bond acceptors (Lipinski definition) is 6. The van der Waals surface area contributed by atoms with Crippen LogP contribution in [0.1, 0.15) is 52.4 Å². The number of rotatable bonds is 7. The van der Waals surface area contributed by atoms with Gasteiger partial charge in [-0.15, -0.1) is 0 Å². The van der Waals surface area contributed by atoms with Crippen molar-refractivity contribution in [3.8, 4) is 0 Å². The van der Waals surface area contributed by atoms with E-state index < -0.39 is 24.0 Å². The molecule has 0 aromatic heterocycles. The lowest BCUT2D eigenvalue weighted by Gasteiger charge is -2.35. The first-order valence-corrected chi connectivity index (χ1v) is 10.9. The minimum atomic E-state index is -0.997. The van der Waals surface area contributed by atoms with E-state index in [0.29, 0.717) is 16.7 Å². The molecule has 3 saturated carbocycles. The highest BCUT2D eigenvalue weighted by Gasteiger charge is 2.59. The number of nitrogens with one attached hydrogen (secondary N) is 1. The Bertz CT molecular complexity index is 806. The Labute approximate surface area is 183 Å². The fraction of sp³-hybridized carbons (Fsp3) is 0.652. The van der Waals surface area contributed by atoms with Crippen LogP contribution in [-0.2, 0) is 19.1 Å². The van der Waals surface area contributed by atoms with Crippen LogP contribution in [0.15, 0.2) is 24.3 Å². The third-order valence-corrected chi connectivity index (χ3v) is 7.04. The molecule has 2 bridgehead atoms. The van der Waals surface area contributed by atoms with Crippen molar-refractivity contribution in [1.82, 2.24) is 10.2 Å². The third kappa shape index (κ3) is 4.67. The summed E-state index contributed by atoms with van der Waals surface area (Å²) in [4.78, 5) is 49.6. The number of nitrogens with zero attached hydrogens (tertiary/aromatic N) is 1. The lowest BCUT2D eigenvalue weighted by Crippen LogP contribution is -2.49. The molecule has 3 aliphatic carbocycles. The summed E-state index contributed by atoms with van der Waals surface area (Å²) in [5.74, 6) is 0.601. The molecule has 0 saturated heterocycles. The zero-order valence-electron chi connectivity index (χ0n) is 18.4. The minimum absolute atomic E-state index is 0.0212. The Hall–Kier alpha value is -2.64. The minimum Gasteiger partial charge on any atom is -0.460 e. The smallest absolute Gasteiger partial charge is 0.425 e. The van der Waals surface area contributed by atoms with E-state index in [1.165, 1.54) is 26.7 Å². The highest BCUT2D eigenvalue weighted by Crippen LogP contribution is 2.65. The van der Waals surface area contributed by atoms with Gasteiger partial charge in [0.05, 0.1) is 13.2 Å². The molecule has 0 spiro atoms. The van der Waals surface area contributed by atoms with Gasteiger partial charge in [-0.3, -0.25) is 4.79 Å². The quantitative estimate of drug-likeness (QED) is 0.375. The highest BCUT2D eigenvalue weighted by atomic mass is 16.6. The van der Waals surface area contributed by atoms with Crippen LogP contribution >= 0.6 is 0 Å². The molecule has 0 aromatic rings. The summed E-state index contributed by atoms with van der Waals surface area (Å²) in [6.45, 7) is 9.98. The van der Waals surface area contributed by atoms with Crippen molar-refractivity contribution < 1.29 is 28.7 Å². The molecule has 3 rings (SSSR count). The average molecular weight is 433 g/mol. The van der Waals surface area contributed by atoms with Crippen LogP contribution in [-0.4, -0.2) is 48.7 Å². The number of hydrogen-bond donors (Lipinski definition) is 1. The van der Waals surface area contributed by atoms with Crippen LogP contribution in [0, 0.1) is 23.2 Å². The molecule has 4 unspecified atom stereocenters. The van der Waals surface area contributed by atoms with Crippen molar-refractivity contribution in [3.63, 3.8) is 0 Å². The van der Waals surface area contributed by atoms with Crippen molar-refractivity contribution in [3.05, 3.63) is 24.3 Å². The predicted molar refractivity (Wildman–Crippen MR) is 113 cm³/mol. The summed E-state index contributed by atoms with van der Waals surface area (Å²) in [5.41, 5.74) is 0.252. The molecule has 3 fully saturated rings.